The van der Waals surface area contributed by atoms with Crippen molar-refractivity contribution in [1.82, 2.24) is 29.6 Å². The number of nitrogens with one attached hydrogen (secondary N) is 1. The van der Waals surface area contributed by atoms with E-state index < -0.39 is 0 Å². The fraction of sp³-hybridized carbons (Fsp3) is 0.267. The van der Waals surface area contributed by atoms with E-state index in [-0.39, 0.29) is 0 Å². The first-order valence-corrected chi connectivity index (χ1v) is 6.94. The fourth-order valence-electron chi connectivity index (χ4n) is 2.18. The molecule has 0 bridgehead atoms. The van der Waals surface area contributed by atoms with Crippen molar-refractivity contribution in [3.8, 4) is 5.69 Å². The summed E-state index contributed by atoms with van der Waals surface area (Å²) in [4.78, 5) is 8.00. The highest BCUT2D eigenvalue weighted by atomic mass is 15.3. The Morgan fingerprint density at radius 2 is 2.00 bits per heavy atom. The van der Waals surface area contributed by atoms with Crippen LogP contribution in [0.1, 0.15) is 12.5 Å². The van der Waals surface area contributed by atoms with Gasteiger partial charge in [-0.2, -0.15) is 5.10 Å². The van der Waals surface area contributed by atoms with Crippen molar-refractivity contribution < 1.29 is 0 Å². The first kappa shape index (κ1) is 13.5. The van der Waals surface area contributed by atoms with Crippen LogP contribution in [0, 0.1) is 0 Å². The fourth-order valence-corrected chi connectivity index (χ4v) is 2.18. The Balaban J connectivity index is 1.53. The lowest BCUT2D eigenvalue weighted by molar-refractivity contribution is 0.476. The molecule has 3 rings (SSSR count). The summed E-state index contributed by atoms with van der Waals surface area (Å²) in [6.07, 6.45) is 8.85. The summed E-state index contributed by atoms with van der Waals surface area (Å²) < 4.78 is 3.82. The molecule has 1 aromatic carbocycles. The van der Waals surface area contributed by atoms with Crippen molar-refractivity contribution in [1.29, 1.82) is 0 Å². The van der Waals surface area contributed by atoms with Crippen LogP contribution in [0.5, 0.6) is 0 Å². The maximum Gasteiger partial charge on any atom is 0.138 e. The molecule has 21 heavy (non-hydrogen) atoms. The van der Waals surface area contributed by atoms with Gasteiger partial charge in [-0.15, -0.1) is 0 Å². The van der Waals surface area contributed by atoms with Gasteiger partial charge in [0.05, 0.1) is 12.0 Å². The summed E-state index contributed by atoms with van der Waals surface area (Å²) in [6.45, 7) is 3.92. The normalized spacial score (nSPS) is 12.4. The third-order valence-electron chi connectivity index (χ3n) is 3.32. The van der Waals surface area contributed by atoms with Crippen molar-refractivity contribution in [2.24, 2.45) is 0 Å². The summed E-state index contributed by atoms with van der Waals surface area (Å²) in [7, 11) is 0. The minimum Gasteiger partial charge on any atom is -0.336 e. The van der Waals surface area contributed by atoms with Crippen LogP contribution in [-0.2, 0) is 13.1 Å². The molecule has 2 aromatic heterocycles. The van der Waals surface area contributed by atoms with Crippen molar-refractivity contribution in [2.45, 2.75) is 26.1 Å². The SMILES string of the molecule is C[C@H](Cn1ccnc1)NCc1ccc(-n2cncn2)cc1. The molecule has 0 unspecified atom stereocenters. The van der Waals surface area contributed by atoms with Gasteiger partial charge in [-0.05, 0) is 24.6 Å². The van der Waals surface area contributed by atoms with Gasteiger partial charge in [0.15, 0.2) is 0 Å². The highest BCUT2D eigenvalue weighted by Crippen LogP contribution is 2.08. The van der Waals surface area contributed by atoms with E-state index in [0.717, 1.165) is 18.8 Å². The van der Waals surface area contributed by atoms with Crippen molar-refractivity contribution >= 4 is 0 Å². The van der Waals surface area contributed by atoms with Gasteiger partial charge in [0, 0.05) is 31.5 Å². The lowest BCUT2D eigenvalue weighted by Crippen LogP contribution is -2.29. The predicted molar refractivity (Wildman–Crippen MR) is 79.9 cm³/mol. The number of hydrogen-bond donors (Lipinski definition) is 1. The van der Waals surface area contributed by atoms with E-state index in [4.69, 9.17) is 0 Å². The minimum atomic E-state index is 0.384. The Hall–Kier alpha value is -2.47. The molecule has 3 aromatic rings. The predicted octanol–water partition coefficient (Wildman–Crippen LogP) is 1.64. The van der Waals surface area contributed by atoms with Crippen LogP contribution in [0.4, 0.5) is 0 Å². The lowest BCUT2D eigenvalue weighted by Gasteiger charge is -2.14. The van der Waals surface area contributed by atoms with E-state index in [0.29, 0.717) is 6.04 Å². The van der Waals surface area contributed by atoms with Gasteiger partial charge < -0.3 is 9.88 Å². The Labute approximate surface area is 123 Å². The second-order valence-electron chi connectivity index (χ2n) is 5.05. The molecule has 108 valence electrons. The van der Waals surface area contributed by atoms with Gasteiger partial charge in [0.25, 0.3) is 0 Å². The first-order valence-electron chi connectivity index (χ1n) is 6.94. The summed E-state index contributed by atoms with van der Waals surface area (Å²) in [5.41, 5.74) is 2.26. The molecule has 1 atom stereocenters. The van der Waals surface area contributed by atoms with Gasteiger partial charge in [0.2, 0.25) is 0 Å². The molecule has 0 amide bonds. The Morgan fingerprint density at radius 1 is 1.14 bits per heavy atom. The van der Waals surface area contributed by atoms with E-state index in [1.165, 1.54) is 11.9 Å². The Morgan fingerprint density at radius 3 is 2.67 bits per heavy atom. The van der Waals surface area contributed by atoms with Crippen molar-refractivity contribution in [3.63, 3.8) is 0 Å². The molecule has 0 radical (unpaired) electrons. The van der Waals surface area contributed by atoms with Crippen LogP contribution in [0.15, 0.2) is 55.6 Å². The lowest BCUT2D eigenvalue weighted by atomic mass is 10.2. The molecule has 6 heteroatoms. The molecule has 0 aliphatic rings. The second kappa shape index (κ2) is 6.32. The molecule has 0 fully saturated rings. The van der Waals surface area contributed by atoms with Crippen LogP contribution in [-0.4, -0.2) is 30.4 Å². The summed E-state index contributed by atoms with van der Waals surface area (Å²) >= 11 is 0. The molecule has 0 spiro atoms. The van der Waals surface area contributed by atoms with Crippen LogP contribution in [0.2, 0.25) is 0 Å². The van der Waals surface area contributed by atoms with Crippen LogP contribution < -0.4 is 5.32 Å². The number of imidazole rings is 1. The van der Waals surface area contributed by atoms with Gasteiger partial charge in [-0.25, -0.2) is 14.6 Å². The van der Waals surface area contributed by atoms with E-state index in [9.17, 15) is 0 Å². The van der Waals surface area contributed by atoms with E-state index in [1.54, 1.807) is 17.2 Å². The van der Waals surface area contributed by atoms with E-state index in [1.807, 2.05) is 24.7 Å². The average molecular weight is 282 g/mol. The molecular formula is C15H18N6. The number of nitrogens with zero attached hydrogens (tertiary/aromatic N) is 5. The highest BCUT2D eigenvalue weighted by molar-refractivity contribution is 5.33. The minimum absolute atomic E-state index is 0.384. The van der Waals surface area contributed by atoms with Gasteiger partial charge in [-0.3, -0.25) is 0 Å². The summed E-state index contributed by atoms with van der Waals surface area (Å²) in [5, 5.41) is 7.62. The molecule has 0 aliphatic carbocycles. The molecule has 6 nitrogen and oxygen atoms in total. The Bertz CT molecular complexity index is 642. The smallest absolute Gasteiger partial charge is 0.138 e. The maximum absolute atomic E-state index is 4.11. The van der Waals surface area contributed by atoms with Crippen LogP contribution >= 0.6 is 0 Å². The van der Waals surface area contributed by atoms with Crippen LogP contribution in [0.25, 0.3) is 5.69 Å². The Kier molecular flexibility index (Phi) is 4.07. The average Bonchev–Trinajstić information content (AvgIpc) is 3.19. The number of rotatable bonds is 6. The van der Waals surface area contributed by atoms with Gasteiger partial charge in [-0.1, -0.05) is 12.1 Å². The first-order chi connectivity index (χ1) is 10.3. The number of hydrogen-bond acceptors (Lipinski definition) is 4. The van der Waals surface area contributed by atoms with E-state index >= 15 is 0 Å². The van der Waals surface area contributed by atoms with Crippen molar-refractivity contribution in [3.05, 3.63) is 61.2 Å². The third-order valence-corrected chi connectivity index (χ3v) is 3.32. The summed E-state index contributed by atoms with van der Waals surface area (Å²) in [5.74, 6) is 0. The molecule has 0 saturated carbocycles. The van der Waals surface area contributed by atoms with Gasteiger partial charge in [0.1, 0.15) is 12.7 Å². The zero-order chi connectivity index (χ0) is 14.5. The summed E-state index contributed by atoms with van der Waals surface area (Å²) in [6, 6.07) is 8.69. The maximum atomic E-state index is 4.11. The highest BCUT2D eigenvalue weighted by Gasteiger charge is 2.03. The standard InChI is InChI=1S/C15H18N6/c1-13(9-20-7-6-16-11-20)18-8-14-2-4-15(5-3-14)21-12-17-10-19-21/h2-7,10-13,18H,8-9H2,1H3/t13-/m1/s1. The molecule has 0 saturated heterocycles. The quantitative estimate of drug-likeness (QED) is 0.746. The molecular weight excluding hydrogens is 264 g/mol. The molecule has 0 aliphatic heterocycles. The van der Waals surface area contributed by atoms with Crippen molar-refractivity contribution in [2.75, 3.05) is 0 Å². The number of benzene rings is 1. The van der Waals surface area contributed by atoms with E-state index in [2.05, 4.69) is 44.0 Å². The molecule has 2 heterocycles. The molecule has 1 N–H and O–H groups in total. The topological polar surface area (TPSA) is 60.6 Å². The number of aromatic nitrogens is 5. The van der Waals surface area contributed by atoms with Crippen LogP contribution in [0.3, 0.4) is 0 Å². The second-order valence-corrected chi connectivity index (χ2v) is 5.05. The van der Waals surface area contributed by atoms with Gasteiger partial charge >= 0.3 is 0 Å². The zero-order valence-corrected chi connectivity index (χ0v) is 11.9. The monoisotopic (exact) mass is 282 g/mol. The third kappa shape index (κ3) is 3.55. The zero-order valence-electron chi connectivity index (χ0n) is 11.9. The largest absolute Gasteiger partial charge is 0.336 e.